The van der Waals surface area contributed by atoms with Gasteiger partial charge in [-0.1, -0.05) is 81.4 Å². The van der Waals surface area contributed by atoms with Crippen molar-refractivity contribution in [2.45, 2.75) is 45.4 Å². The molecule has 0 radical (unpaired) electrons. The Kier molecular flexibility index (Phi) is 5.71. The van der Waals surface area contributed by atoms with Crippen molar-refractivity contribution >= 4 is 11.6 Å². The maximum absolute atomic E-state index is 13.4. The van der Waals surface area contributed by atoms with Crippen LogP contribution in [0.1, 0.15) is 51.2 Å². The molecule has 2 aromatic rings. The van der Waals surface area contributed by atoms with E-state index in [-0.39, 0.29) is 23.4 Å². The molecule has 2 aromatic carbocycles. The Morgan fingerprint density at radius 3 is 1.88 bits per heavy atom. The molecule has 0 saturated heterocycles. The predicted octanol–water partition coefficient (Wildman–Crippen LogP) is 4.93. The minimum atomic E-state index is -1.12. The number of carbonyl (C=O) groups excluding carboxylic acids is 2. The molecule has 0 heterocycles. The van der Waals surface area contributed by atoms with Crippen LogP contribution in [0.5, 0.6) is 0 Å². The molecule has 0 saturated carbocycles. The molecule has 3 atom stereocenters. The van der Waals surface area contributed by atoms with Crippen LogP contribution >= 0.6 is 0 Å². The van der Waals surface area contributed by atoms with Crippen LogP contribution in [0, 0.1) is 5.92 Å². The van der Waals surface area contributed by atoms with E-state index >= 15 is 0 Å². The number of Topliss-reactive ketones (excluding diaryl/α,β-unsaturated/α-hetero) is 2. The van der Waals surface area contributed by atoms with Gasteiger partial charge in [-0.3, -0.25) is 9.59 Å². The van der Waals surface area contributed by atoms with Gasteiger partial charge in [-0.05, 0) is 24.5 Å². The van der Waals surface area contributed by atoms with Crippen LogP contribution in [0.4, 0.5) is 0 Å². The third-order valence-corrected chi connectivity index (χ3v) is 5.09. The Bertz CT molecular complexity index is 690. The van der Waals surface area contributed by atoms with Crippen molar-refractivity contribution in [2.75, 3.05) is 0 Å². The number of hydrogen-bond acceptors (Lipinski definition) is 2. The van der Waals surface area contributed by atoms with Gasteiger partial charge in [0, 0.05) is 11.8 Å². The molecule has 0 spiro atoms. The molecule has 0 aliphatic rings. The van der Waals surface area contributed by atoms with Crippen molar-refractivity contribution in [3.63, 3.8) is 0 Å². The molecule has 3 unspecified atom stereocenters. The van der Waals surface area contributed by atoms with Gasteiger partial charge in [0.1, 0.15) is 5.41 Å². The lowest BCUT2D eigenvalue weighted by molar-refractivity contribution is -0.137. The average molecular weight is 322 g/mol. The summed E-state index contributed by atoms with van der Waals surface area (Å²) < 4.78 is 0. The van der Waals surface area contributed by atoms with Crippen molar-refractivity contribution in [1.82, 2.24) is 0 Å². The van der Waals surface area contributed by atoms with Gasteiger partial charge in [-0.25, -0.2) is 0 Å². The van der Waals surface area contributed by atoms with Crippen LogP contribution < -0.4 is 0 Å². The molecule has 2 nitrogen and oxygen atoms in total. The fourth-order valence-electron chi connectivity index (χ4n) is 3.18. The first-order chi connectivity index (χ1) is 11.4. The Hall–Kier alpha value is -2.22. The topological polar surface area (TPSA) is 34.1 Å². The molecule has 0 amide bonds. The fraction of sp³-hybridized carbons (Fsp3) is 0.364. The number of rotatable bonds is 7. The molecule has 2 rings (SSSR count). The van der Waals surface area contributed by atoms with E-state index < -0.39 is 5.41 Å². The standard InChI is InChI=1S/C22H26O2/c1-5-16(2)20(23)22(4,19-14-10-7-11-15-19)21(24)17(3)18-12-8-6-9-13-18/h6-17H,5H2,1-4H3. The third-order valence-electron chi connectivity index (χ3n) is 5.09. The van der Waals surface area contributed by atoms with Gasteiger partial charge < -0.3 is 0 Å². The molecule has 0 bridgehead atoms. The van der Waals surface area contributed by atoms with E-state index in [9.17, 15) is 9.59 Å². The fourth-order valence-corrected chi connectivity index (χ4v) is 3.18. The van der Waals surface area contributed by atoms with E-state index in [0.717, 1.165) is 17.5 Å². The SMILES string of the molecule is CCC(C)C(=O)C(C)(C(=O)C(C)c1ccccc1)c1ccccc1. The van der Waals surface area contributed by atoms with E-state index in [4.69, 9.17) is 0 Å². The second-order valence-corrected chi connectivity index (χ2v) is 6.66. The summed E-state index contributed by atoms with van der Waals surface area (Å²) in [6.45, 7) is 7.57. The Morgan fingerprint density at radius 1 is 0.875 bits per heavy atom. The minimum absolute atomic E-state index is 0.00369. The van der Waals surface area contributed by atoms with Crippen molar-refractivity contribution in [3.05, 3.63) is 71.8 Å². The molecule has 0 N–H and O–H groups in total. The lowest BCUT2D eigenvalue weighted by Gasteiger charge is -2.32. The minimum Gasteiger partial charge on any atom is -0.298 e. The maximum Gasteiger partial charge on any atom is 0.157 e. The highest BCUT2D eigenvalue weighted by Crippen LogP contribution is 2.35. The zero-order valence-corrected chi connectivity index (χ0v) is 15.0. The van der Waals surface area contributed by atoms with Gasteiger partial charge in [-0.15, -0.1) is 0 Å². The van der Waals surface area contributed by atoms with Crippen molar-refractivity contribution in [3.8, 4) is 0 Å². The number of benzene rings is 2. The van der Waals surface area contributed by atoms with E-state index in [1.165, 1.54) is 0 Å². The van der Waals surface area contributed by atoms with E-state index in [2.05, 4.69) is 0 Å². The van der Waals surface area contributed by atoms with Crippen molar-refractivity contribution in [2.24, 2.45) is 5.92 Å². The number of carbonyl (C=O) groups is 2. The highest BCUT2D eigenvalue weighted by atomic mass is 16.2. The van der Waals surface area contributed by atoms with E-state index in [0.29, 0.717) is 0 Å². The van der Waals surface area contributed by atoms with Gasteiger partial charge in [0.25, 0.3) is 0 Å². The summed E-state index contributed by atoms with van der Waals surface area (Å²) in [5, 5.41) is 0. The Morgan fingerprint density at radius 2 is 1.38 bits per heavy atom. The van der Waals surface area contributed by atoms with Gasteiger partial charge in [0.05, 0.1) is 0 Å². The number of hydrogen-bond donors (Lipinski definition) is 0. The van der Waals surface area contributed by atoms with Gasteiger partial charge in [0.15, 0.2) is 11.6 Å². The highest BCUT2D eigenvalue weighted by molar-refractivity contribution is 6.14. The monoisotopic (exact) mass is 322 g/mol. The first kappa shape index (κ1) is 18.1. The summed E-state index contributed by atoms with van der Waals surface area (Å²) in [6, 6.07) is 19.1. The lowest BCUT2D eigenvalue weighted by atomic mass is 9.67. The van der Waals surface area contributed by atoms with Crippen LogP contribution in [0.2, 0.25) is 0 Å². The normalized spacial score (nSPS) is 16.0. The summed E-state index contributed by atoms with van der Waals surface area (Å²) in [5.74, 6) is -0.513. The van der Waals surface area contributed by atoms with Crippen LogP contribution in [-0.2, 0) is 15.0 Å². The summed E-state index contributed by atoms with van der Waals surface area (Å²) >= 11 is 0. The third kappa shape index (κ3) is 3.33. The van der Waals surface area contributed by atoms with Crippen LogP contribution in [0.25, 0.3) is 0 Å². The predicted molar refractivity (Wildman–Crippen MR) is 98.1 cm³/mol. The molecule has 24 heavy (non-hydrogen) atoms. The first-order valence-corrected chi connectivity index (χ1v) is 8.62. The summed E-state index contributed by atoms with van der Waals surface area (Å²) in [5.41, 5.74) is 0.607. The smallest absolute Gasteiger partial charge is 0.157 e. The Labute approximate surface area is 144 Å². The second kappa shape index (κ2) is 7.57. The summed E-state index contributed by atoms with van der Waals surface area (Å²) in [4.78, 5) is 26.6. The molecule has 0 aliphatic heterocycles. The zero-order chi connectivity index (χ0) is 17.7. The Balaban J connectivity index is 2.50. The molecular formula is C22H26O2. The van der Waals surface area contributed by atoms with Gasteiger partial charge >= 0.3 is 0 Å². The van der Waals surface area contributed by atoms with Crippen molar-refractivity contribution in [1.29, 1.82) is 0 Å². The van der Waals surface area contributed by atoms with Crippen LogP contribution in [0.3, 0.4) is 0 Å². The largest absolute Gasteiger partial charge is 0.298 e. The maximum atomic E-state index is 13.4. The van der Waals surface area contributed by atoms with E-state index in [1.54, 1.807) is 6.92 Å². The molecule has 0 aliphatic carbocycles. The molecule has 126 valence electrons. The van der Waals surface area contributed by atoms with E-state index in [1.807, 2.05) is 81.4 Å². The second-order valence-electron chi connectivity index (χ2n) is 6.66. The molecule has 0 fully saturated rings. The molecule has 0 aromatic heterocycles. The van der Waals surface area contributed by atoms with Crippen LogP contribution in [0.15, 0.2) is 60.7 Å². The first-order valence-electron chi connectivity index (χ1n) is 8.62. The quantitative estimate of drug-likeness (QED) is 0.677. The molecule has 2 heteroatoms. The highest BCUT2D eigenvalue weighted by Gasteiger charge is 2.45. The average Bonchev–Trinajstić information content (AvgIpc) is 2.66. The summed E-state index contributed by atoms with van der Waals surface area (Å²) in [7, 11) is 0. The lowest BCUT2D eigenvalue weighted by Crippen LogP contribution is -2.45. The summed E-state index contributed by atoms with van der Waals surface area (Å²) in [6.07, 6.45) is 0.730. The zero-order valence-electron chi connectivity index (χ0n) is 15.0. The van der Waals surface area contributed by atoms with Crippen LogP contribution in [-0.4, -0.2) is 11.6 Å². The van der Waals surface area contributed by atoms with Gasteiger partial charge in [-0.2, -0.15) is 0 Å². The number of ketones is 2. The van der Waals surface area contributed by atoms with Gasteiger partial charge in [0.2, 0.25) is 0 Å². The van der Waals surface area contributed by atoms with Crippen molar-refractivity contribution < 1.29 is 9.59 Å². The molecular weight excluding hydrogens is 296 g/mol.